The van der Waals surface area contributed by atoms with Crippen LogP contribution in [0, 0.1) is 0 Å². The van der Waals surface area contributed by atoms with Gasteiger partial charge in [-0.05, 0) is 17.6 Å². The minimum absolute atomic E-state index is 0.337. The molecule has 0 unspecified atom stereocenters. The fourth-order valence-electron chi connectivity index (χ4n) is 0.769. The predicted molar refractivity (Wildman–Crippen MR) is 41.7 cm³/mol. The summed E-state index contributed by atoms with van der Waals surface area (Å²) in [6, 6.07) is 6.19. The molecule has 0 aliphatic heterocycles. The third-order valence-corrected chi connectivity index (χ3v) is 1.31. The Bertz CT molecular complexity index is 241. The largest absolute Gasteiger partial charge is 0.488 e. The van der Waals surface area contributed by atoms with E-state index in [9.17, 15) is 0 Å². The molecule has 0 atom stereocenters. The van der Waals surface area contributed by atoms with Crippen molar-refractivity contribution in [2.75, 3.05) is 5.48 Å². The van der Waals surface area contributed by atoms with Crippen LogP contribution in [0.2, 0.25) is 0 Å². The van der Waals surface area contributed by atoms with Crippen LogP contribution >= 0.6 is 0 Å². The highest BCUT2D eigenvalue weighted by Crippen LogP contribution is 2.01. The third kappa shape index (κ3) is 1.94. The van der Waals surface area contributed by atoms with Crippen molar-refractivity contribution in [3.05, 3.63) is 24.3 Å². The molecule has 1 aromatic carbocycles. The quantitative estimate of drug-likeness (QED) is 0.330. The normalized spacial score (nSPS) is 9.36. The van der Waals surface area contributed by atoms with Crippen LogP contribution in [0.3, 0.4) is 0 Å². The first kappa shape index (κ1) is 8.07. The maximum atomic E-state index is 8.69. The van der Waals surface area contributed by atoms with Crippen molar-refractivity contribution >= 4 is 18.3 Å². The minimum atomic E-state index is -1.50. The zero-order chi connectivity index (χ0) is 8.27. The Kier molecular flexibility index (Phi) is 2.48. The summed E-state index contributed by atoms with van der Waals surface area (Å²) in [7, 11) is -1.50. The fourth-order valence-corrected chi connectivity index (χ4v) is 0.769. The van der Waals surface area contributed by atoms with Crippen molar-refractivity contribution in [3.63, 3.8) is 0 Å². The zero-order valence-electron chi connectivity index (χ0n) is 5.73. The van der Waals surface area contributed by atoms with Crippen LogP contribution < -0.4 is 10.9 Å². The molecule has 0 radical (unpaired) electrons. The van der Waals surface area contributed by atoms with Crippen molar-refractivity contribution in [2.24, 2.45) is 0 Å². The molecule has 0 heterocycles. The van der Waals surface area contributed by atoms with Gasteiger partial charge in [0.25, 0.3) is 0 Å². The van der Waals surface area contributed by atoms with Crippen molar-refractivity contribution in [1.82, 2.24) is 0 Å². The Morgan fingerprint density at radius 1 is 1.27 bits per heavy atom. The minimum Gasteiger partial charge on any atom is -0.423 e. The molecule has 4 nitrogen and oxygen atoms in total. The van der Waals surface area contributed by atoms with Crippen LogP contribution in [0.15, 0.2) is 24.3 Å². The maximum Gasteiger partial charge on any atom is 0.488 e. The van der Waals surface area contributed by atoms with E-state index < -0.39 is 7.12 Å². The average Bonchev–Trinajstić information content (AvgIpc) is 2.05. The molecular formula is C6H8BNO3. The third-order valence-electron chi connectivity index (χ3n) is 1.31. The topological polar surface area (TPSA) is 72.7 Å². The van der Waals surface area contributed by atoms with E-state index in [-0.39, 0.29) is 0 Å². The molecule has 4 N–H and O–H groups in total. The van der Waals surface area contributed by atoms with Crippen LogP contribution in [-0.2, 0) is 0 Å². The standard InChI is InChI=1S/C6H8BNO3/c9-7(10)5-2-1-3-6(4-5)8-11/h1-4,8-11H. The molecule has 0 aromatic heterocycles. The van der Waals surface area contributed by atoms with Gasteiger partial charge in [0.05, 0.1) is 5.69 Å². The molecule has 1 rings (SSSR count). The molecule has 0 spiro atoms. The highest BCUT2D eigenvalue weighted by molar-refractivity contribution is 6.58. The molecular weight excluding hydrogens is 145 g/mol. The van der Waals surface area contributed by atoms with Gasteiger partial charge in [-0.2, -0.15) is 0 Å². The van der Waals surface area contributed by atoms with E-state index >= 15 is 0 Å². The Morgan fingerprint density at radius 3 is 2.55 bits per heavy atom. The second-order valence-corrected chi connectivity index (χ2v) is 2.11. The van der Waals surface area contributed by atoms with Crippen molar-refractivity contribution in [3.8, 4) is 0 Å². The van der Waals surface area contributed by atoms with Gasteiger partial charge in [0.2, 0.25) is 0 Å². The Morgan fingerprint density at radius 2 is 2.00 bits per heavy atom. The summed E-state index contributed by atoms with van der Waals surface area (Å²) in [4.78, 5) is 0. The molecule has 0 amide bonds. The van der Waals surface area contributed by atoms with E-state index in [1.165, 1.54) is 6.07 Å². The summed E-state index contributed by atoms with van der Waals surface area (Å²) in [6.07, 6.45) is 0. The molecule has 0 fully saturated rings. The van der Waals surface area contributed by atoms with Gasteiger partial charge in [-0.15, -0.1) is 0 Å². The predicted octanol–water partition coefficient (Wildman–Crippen LogP) is -0.833. The van der Waals surface area contributed by atoms with Gasteiger partial charge >= 0.3 is 7.12 Å². The molecule has 1 aromatic rings. The molecule has 0 saturated carbocycles. The molecule has 0 aliphatic rings. The smallest absolute Gasteiger partial charge is 0.423 e. The van der Waals surface area contributed by atoms with Gasteiger partial charge in [0, 0.05) is 0 Å². The number of anilines is 1. The molecule has 0 saturated heterocycles. The van der Waals surface area contributed by atoms with E-state index in [0.29, 0.717) is 11.2 Å². The fraction of sp³-hybridized carbons (Fsp3) is 0. The second-order valence-electron chi connectivity index (χ2n) is 2.11. The van der Waals surface area contributed by atoms with Gasteiger partial charge in [0.1, 0.15) is 0 Å². The van der Waals surface area contributed by atoms with Crippen LogP contribution in [0.1, 0.15) is 0 Å². The molecule has 0 aliphatic carbocycles. The van der Waals surface area contributed by atoms with E-state index in [1.807, 2.05) is 5.48 Å². The lowest BCUT2D eigenvalue weighted by Crippen LogP contribution is -2.29. The van der Waals surface area contributed by atoms with Crippen molar-refractivity contribution < 1.29 is 15.3 Å². The summed E-state index contributed by atoms with van der Waals surface area (Å²) in [5.74, 6) is 0. The van der Waals surface area contributed by atoms with E-state index in [4.69, 9.17) is 15.3 Å². The number of nitrogens with one attached hydrogen (secondary N) is 1. The van der Waals surface area contributed by atoms with E-state index in [2.05, 4.69) is 0 Å². The number of rotatable bonds is 2. The number of hydrogen-bond acceptors (Lipinski definition) is 4. The highest BCUT2D eigenvalue weighted by Gasteiger charge is 2.09. The Labute approximate surface area is 64.2 Å². The second kappa shape index (κ2) is 3.38. The number of benzene rings is 1. The summed E-state index contributed by atoms with van der Waals surface area (Å²) in [5.41, 5.74) is 2.66. The van der Waals surface area contributed by atoms with Crippen molar-refractivity contribution in [1.29, 1.82) is 0 Å². The summed E-state index contributed by atoms with van der Waals surface area (Å²) in [5, 5.41) is 25.8. The monoisotopic (exact) mass is 153 g/mol. The van der Waals surface area contributed by atoms with E-state index in [1.54, 1.807) is 18.2 Å². The van der Waals surface area contributed by atoms with Crippen LogP contribution in [0.4, 0.5) is 5.69 Å². The van der Waals surface area contributed by atoms with Crippen LogP contribution in [-0.4, -0.2) is 22.4 Å². The maximum absolute atomic E-state index is 8.69. The Balaban J connectivity index is 2.91. The lowest BCUT2D eigenvalue weighted by molar-refractivity contribution is 0.389. The molecule has 11 heavy (non-hydrogen) atoms. The first-order valence-electron chi connectivity index (χ1n) is 3.10. The zero-order valence-corrected chi connectivity index (χ0v) is 5.73. The van der Waals surface area contributed by atoms with E-state index in [0.717, 1.165) is 0 Å². The SMILES string of the molecule is ONc1cccc(B(O)O)c1. The van der Waals surface area contributed by atoms with Gasteiger partial charge in [-0.1, -0.05) is 12.1 Å². The van der Waals surface area contributed by atoms with Gasteiger partial charge < -0.3 is 10.0 Å². The summed E-state index contributed by atoms with van der Waals surface area (Å²) < 4.78 is 0. The van der Waals surface area contributed by atoms with Crippen LogP contribution in [0.5, 0.6) is 0 Å². The molecule has 0 bridgehead atoms. The van der Waals surface area contributed by atoms with Gasteiger partial charge in [0.15, 0.2) is 0 Å². The lowest BCUT2D eigenvalue weighted by atomic mass is 9.80. The molecule has 5 heteroatoms. The van der Waals surface area contributed by atoms with Crippen LogP contribution in [0.25, 0.3) is 0 Å². The molecule has 58 valence electrons. The summed E-state index contributed by atoms with van der Waals surface area (Å²) in [6.45, 7) is 0. The first-order chi connectivity index (χ1) is 5.24. The Hall–Kier alpha value is -1.04. The van der Waals surface area contributed by atoms with Gasteiger partial charge in [-0.25, -0.2) is 0 Å². The van der Waals surface area contributed by atoms with Crippen molar-refractivity contribution in [2.45, 2.75) is 0 Å². The summed E-state index contributed by atoms with van der Waals surface area (Å²) >= 11 is 0. The number of hydrogen-bond donors (Lipinski definition) is 4. The lowest BCUT2D eigenvalue weighted by Gasteiger charge is -2.01. The van der Waals surface area contributed by atoms with Gasteiger partial charge in [-0.3, -0.25) is 10.7 Å². The first-order valence-corrected chi connectivity index (χ1v) is 3.10. The highest BCUT2D eigenvalue weighted by atomic mass is 16.5. The average molecular weight is 153 g/mol.